The third-order valence-corrected chi connectivity index (χ3v) is 2.45. The normalized spacial score (nSPS) is 14.1. The Kier molecular flexibility index (Phi) is 5.74. The van der Waals surface area contributed by atoms with E-state index in [-0.39, 0.29) is 17.3 Å². The van der Waals surface area contributed by atoms with Crippen molar-refractivity contribution in [3.05, 3.63) is 35.0 Å². The van der Waals surface area contributed by atoms with Crippen molar-refractivity contribution in [3.63, 3.8) is 0 Å². The Balaban J connectivity index is 2.48. The summed E-state index contributed by atoms with van der Waals surface area (Å²) in [6, 6.07) is 0. The quantitative estimate of drug-likeness (QED) is 0.614. The molecular formula is C12H13ClN2O2S. The molecule has 18 heavy (non-hydrogen) atoms. The maximum absolute atomic E-state index is 11.3. The molecule has 0 aromatic heterocycles. The van der Waals surface area contributed by atoms with Crippen LogP contribution in [-0.2, 0) is 9.59 Å². The van der Waals surface area contributed by atoms with Crippen LogP contribution in [0.5, 0.6) is 0 Å². The fourth-order valence-electron chi connectivity index (χ4n) is 1.27. The number of allylic oxidation sites excluding steroid dienone is 5. The fraction of sp³-hybridized carbons (Fsp3) is 0.250. The molecule has 1 amide bonds. The van der Waals surface area contributed by atoms with Crippen LogP contribution >= 0.6 is 23.8 Å². The highest BCUT2D eigenvalue weighted by atomic mass is 35.5. The molecule has 0 aromatic carbocycles. The van der Waals surface area contributed by atoms with Crippen molar-refractivity contribution in [2.75, 3.05) is 0 Å². The molecule has 0 saturated heterocycles. The van der Waals surface area contributed by atoms with Crippen LogP contribution in [0.3, 0.4) is 0 Å². The zero-order valence-corrected chi connectivity index (χ0v) is 11.4. The van der Waals surface area contributed by atoms with Crippen molar-refractivity contribution in [1.29, 1.82) is 0 Å². The number of nitrogens with one attached hydrogen (secondary N) is 2. The highest BCUT2D eigenvalue weighted by Crippen LogP contribution is 2.11. The molecule has 1 aliphatic rings. The summed E-state index contributed by atoms with van der Waals surface area (Å²) in [7, 11) is 0. The molecule has 1 rings (SSSR count). The van der Waals surface area contributed by atoms with Gasteiger partial charge >= 0.3 is 0 Å². The van der Waals surface area contributed by atoms with Gasteiger partial charge in [0.05, 0.1) is 6.42 Å². The number of carbonyl (C=O) groups excluding carboxylic acids is 2. The number of hydrogen-bond donors (Lipinski definition) is 2. The first kappa shape index (κ1) is 14.6. The summed E-state index contributed by atoms with van der Waals surface area (Å²) in [6.45, 7) is 1.35. The zero-order valence-electron chi connectivity index (χ0n) is 9.83. The number of Topliss-reactive ketones (excluding diaryl/α,β-unsaturated/α-hetero) is 1. The van der Waals surface area contributed by atoms with Gasteiger partial charge < -0.3 is 10.6 Å². The van der Waals surface area contributed by atoms with Gasteiger partial charge in [-0.3, -0.25) is 9.59 Å². The van der Waals surface area contributed by atoms with Gasteiger partial charge in [-0.05, 0) is 37.4 Å². The van der Waals surface area contributed by atoms with Gasteiger partial charge in [0.25, 0.3) is 0 Å². The molecule has 0 spiro atoms. The molecule has 1 aliphatic carbocycles. The molecule has 4 nitrogen and oxygen atoms in total. The summed E-state index contributed by atoms with van der Waals surface area (Å²) < 4.78 is 0. The minimum atomic E-state index is -0.418. The van der Waals surface area contributed by atoms with Crippen molar-refractivity contribution < 1.29 is 9.59 Å². The van der Waals surface area contributed by atoms with Crippen LogP contribution in [0.4, 0.5) is 0 Å². The summed E-state index contributed by atoms with van der Waals surface area (Å²) in [5, 5.41) is 6.11. The summed E-state index contributed by atoms with van der Waals surface area (Å²) in [5.74, 6) is -0.625. The lowest BCUT2D eigenvalue weighted by Gasteiger charge is -2.10. The SMILES string of the molecule is CC(=O)CC(=O)NC(=S)NC1=CC=C(Cl)C=CC1. The lowest BCUT2D eigenvalue weighted by atomic mass is 10.3. The third-order valence-electron chi connectivity index (χ3n) is 2.00. The lowest BCUT2D eigenvalue weighted by molar-refractivity contribution is -0.126. The molecule has 0 saturated carbocycles. The molecule has 0 bridgehead atoms. The maximum Gasteiger partial charge on any atom is 0.233 e. The Morgan fingerprint density at radius 3 is 2.83 bits per heavy atom. The van der Waals surface area contributed by atoms with Gasteiger partial charge in [0, 0.05) is 17.2 Å². The van der Waals surface area contributed by atoms with Gasteiger partial charge in [0.15, 0.2) is 5.11 Å². The third kappa shape index (κ3) is 5.75. The topological polar surface area (TPSA) is 58.2 Å². The first-order valence-electron chi connectivity index (χ1n) is 5.30. The molecule has 0 fully saturated rings. The average Bonchev–Trinajstić information content (AvgIpc) is 2.42. The summed E-state index contributed by atoms with van der Waals surface area (Å²) >= 11 is 10.8. The van der Waals surface area contributed by atoms with Gasteiger partial charge in [-0.2, -0.15) is 0 Å². The average molecular weight is 285 g/mol. The van der Waals surface area contributed by atoms with Gasteiger partial charge in [-0.15, -0.1) is 0 Å². The van der Waals surface area contributed by atoms with Crippen molar-refractivity contribution in [3.8, 4) is 0 Å². The largest absolute Gasteiger partial charge is 0.336 e. The number of ketones is 1. The van der Waals surface area contributed by atoms with E-state index in [4.69, 9.17) is 23.8 Å². The molecule has 0 unspecified atom stereocenters. The zero-order chi connectivity index (χ0) is 13.5. The van der Waals surface area contributed by atoms with Gasteiger partial charge in [-0.1, -0.05) is 17.7 Å². The van der Waals surface area contributed by atoms with E-state index in [2.05, 4.69) is 10.6 Å². The van der Waals surface area contributed by atoms with E-state index in [9.17, 15) is 9.59 Å². The Morgan fingerprint density at radius 1 is 1.44 bits per heavy atom. The minimum Gasteiger partial charge on any atom is -0.336 e. The van der Waals surface area contributed by atoms with E-state index in [1.54, 1.807) is 18.2 Å². The van der Waals surface area contributed by atoms with Crippen molar-refractivity contribution >= 4 is 40.6 Å². The molecule has 2 N–H and O–H groups in total. The van der Waals surface area contributed by atoms with Crippen molar-refractivity contribution in [2.45, 2.75) is 19.8 Å². The van der Waals surface area contributed by atoms with Crippen LogP contribution < -0.4 is 10.6 Å². The molecule has 0 heterocycles. The summed E-state index contributed by atoms with van der Waals surface area (Å²) in [5.41, 5.74) is 0.815. The standard InChI is InChI=1S/C12H13ClN2O2S/c1-8(16)7-11(17)15-12(18)14-10-4-2-3-9(13)5-6-10/h2-3,5-6H,4,7H2,1H3,(H2,14,15,17,18). The first-order chi connectivity index (χ1) is 8.47. The second-order valence-corrected chi connectivity index (χ2v) is 4.58. The molecule has 0 radical (unpaired) electrons. The van der Waals surface area contributed by atoms with Crippen LogP contribution in [0.1, 0.15) is 19.8 Å². The summed E-state index contributed by atoms with van der Waals surface area (Å²) in [4.78, 5) is 22.0. The number of rotatable bonds is 3. The van der Waals surface area contributed by atoms with Crippen LogP contribution in [0.15, 0.2) is 35.0 Å². The first-order valence-corrected chi connectivity index (χ1v) is 6.09. The van der Waals surface area contributed by atoms with Crippen molar-refractivity contribution in [2.24, 2.45) is 0 Å². The van der Waals surface area contributed by atoms with Crippen LogP contribution in [0, 0.1) is 0 Å². The van der Waals surface area contributed by atoms with Gasteiger partial charge in [0.1, 0.15) is 5.78 Å². The van der Waals surface area contributed by atoms with Crippen LogP contribution in [0.2, 0.25) is 0 Å². The molecule has 96 valence electrons. The van der Waals surface area contributed by atoms with Gasteiger partial charge in [-0.25, -0.2) is 0 Å². The Labute approximate surface area is 116 Å². The van der Waals surface area contributed by atoms with E-state index in [1.165, 1.54) is 6.92 Å². The number of hydrogen-bond acceptors (Lipinski definition) is 3. The van der Waals surface area contributed by atoms with Crippen LogP contribution in [0.25, 0.3) is 0 Å². The maximum atomic E-state index is 11.3. The van der Waals surface area contributed by atoms with Crippen LogP contribution in [-0.4, -0.2) is 16.8 Å². The minimum absolute atomic E-state index is 0.173. The van der Waals surface area contributed by atoms with E-state index in [1.807, 2.05) is 6.08 Å². The molecule has 0 atom stereocenters. The number of carbonyl (C=O) groups is 2. The van der Waals surface area contributed by atoms with E-state index in [0.717, 1.165) is 5.70 Å². The predicted octanol–water partition coefficient (Wildman–Crippen LogP) is 1.92. The number of amides is 1. The number of halogens is 1. The van der Waals surface area contributed by atoms with E-state index >= 15 is 0 Å². The highest BCUT2D eigenvalue weighted by Gasteiger charge is 2.08. The molecule has 0 aliphatic heterocycles. The lowest BCUT2D eigenvalue weighted by Crippen LogP contribution is -2.39. The second kappa shape index (κ2) is 7.08. The van der Waals surface area contributed by atoms with Crippen molar-refractivity contribution in [1.82, 2.24) is 10.6 Å². The summed E-state index contributed by atoms with van der Waals surface area (Å²) in [6.07, 6.45) is 7.63. The van der Waals surface area contributed by atoms with Gasteiger partial charge in [0.2, 0.25) is 5.91 Å². The highest BCUT2D eigenvalue weighted by molar-refractivity contribution is 7.80. The fourth-order valence-corrected chi connectivity index (χ4v) is 1.67. The monoisotopic (exact) mass is 284 g/mol. The Hall–Kier alpha value is -1.46. The predicted molar refractivity (Wildman–Crippen MR) is 75.0 cm³/mol. The smallest absolute Gasteiger partial charge is 0.233 e. The molecule has 0 aromatic rings. The van der Waals surface area contributed by atoms with E-state index in [0.29, 0.717) is 11.5 Å². The Bertz CT molecular complexity index is 467. The Morgan fingerprint density at radius 2 is 2.17 bits per heavy atom. The number of thiocarbonyl (C=S) groups is 1. The second-order valence-electron chi connectivity index (χ2n) is 3.73. The van der Waals surface area contributed by atoms with E-state index < -0.39 is 5.91 Å². The molecule has 6 heteroatoms. The molecular weight excluding hydrogens is 272 g/mol.